The van der Waals surface area contributed by atoms with Crippen LogP contribution < -0.4 is 9.47 Å². The third-order valence-corrected chi connectivity index (χ3v) is 9.48. The van der Waals surface area contributed by atoms with Gasteiger partial charge in [0.2, 0.25) is 11.8 Å². The van der Waals surface area contributed by atoms with Gasteiger partial charge in [-0.2, -0.15) is 4.98 Å². The van der Waals surface area contributed by atoms with Gasteiger partial charge < -0.3 is 28.4 Å². The van der Waals surface area contributed by atoms with Crippen molar-refractivity contribution in [1.29, 1.82) is 0 Å². The van der Waals surface area contributed by atoms with Gasteiger partial charge in [0.1, 0.15) is 0 Å². The molecule has 5 heterocycles. The number of pyridine rings is 1. The maximum atomic E-state index is 12.7. The lowest BCUT2D eigenvalue weighted by atomic mass is 10.4. The van der Waals surface area contributed by atoms with Gasteiger partial charge in [0, 0.05) is 31.6 Å². The number of carbonyl (C=O) groups is 2. The Labute approximate surface area is 282 Å². The molecule has 0 aliphatic carbocycles. The van der Waals surface area contributed by atoms with Gasteiger partial charge in [-0.3, -0.25) is 9.80 Å². The van der Waals surface area contributed by atoms with E-state index >= 15 is 0 Å². The van der Waals surface area contributed by atoms with Crippen molar-refractivity contribution in [2.45, 2.75) is 26.2 Å². The predicted octanol–water partition coefficient (Wildman–Crippen LogP) is 7.63. The zero-order chi connectivity index (χ0) is 31.8. The van der Waals surface area contributed by atoms with Crippen LogP contribution in [-0.4, -0.2) is 54.1 Å². The van der Waals surface area contributed by atoms with Gasteiger partial charge in [0.05, 0.1) is 26.2 Å². The first kappa shape index (κ1) is 33.4. The smallest absolute Gasteiger partial charge is 0.412 e. The second-order valence-electron chi connectivity index (χ2n) is 9.33. The lowest BCUT2D eigenvalue weighted by Crippen LogP contribution is -2.31. The van der Waals surface area contributed by atoms with Crippen molar-refractivity contribution in [3.63, 3.8) is 0 Å². The molecule has 11 nitrogen and oxygen atoms in total. The molecule has 15 heteroatoms. The Morgan fingerprint density at radius 3 is 1.22 bits per heavy atom. The lowest BCUT2D eigenvalue weighted by molar-refractivity contribution is -0.0815. The molecule has 5 rings (SSSR count). The standard InChI is InChI=1S/C31H31N3O8S4/c35-30(33(16-24-6-2-12-43-24)17-25-7-3-13-44-25)41-22-37-20-39-28-10-1-11-29(32-28)40-21-38-23-42-31(36)34(18-26-8-4-14-45-26)19-27-9-5-15-46-27/h1-15H,16-23H2. The molecule has 0 aliphatic heterocycles. The molecule has 0 fully saturated rings. The lowest BCUT2D eigenvalue weighted by Gasteiger charge is -2.21. The number of hydrogen-bond acceptors (Lipinski definition) is 13. The molecule has 242 valence electrons. The molecular weight excluding hydrogens is 671 g/mol. The largest absolute Gasteiger partial charge is 0.450 e. The van der Waals surface area contributed by atoms with Crippen molar-refractivity contribution < 1.29 is 38.0 Å². The third kappa shape index (κ3) is 11.1. The molecule has 0 N–H and O–H groups in total. The number of nitrogens with zero attached hydrogens (tertiary/aromatic N) is 3. The predicted molar refractivity (Wildman–Crippen MR) is 176 cm³/mol. The first-order valence-corrected chi connectivity index (χ1v) is 17.5. The van der Waals surface area contributed by atoms with E-state index in [2.05, 4.69) is 4.98 Å². The van der Waals surface area contributed by atoms with E-state index in [4.69, 9.17) is 28.4 Å². The Hall–Kier alpha value is -3.99. The van der Waals surface area contributed by atoms with Crippen LogP contribution in [0.1, 0.15) is 19.5 Å². The summed E-state index contributed by atoms with van der Waals surface area (Å²) in [6, 6.07) is 20.6. The van der Waals surface area contributed by atoms with Crippen molar-refractivity contribution in [2.24, 2.45) is 0 Å². The summed E-state index contributed by atoms with van der Waals surface area (Å²) in [7, 11) is 0. The summed E-state index contributed by atoms with van der Waals surface area (Å²) in [6.45, 7) is 0.804. The summed E-state index contributed by atoms with van der Waals surface area (Å²) in [5.74, 6) is 0.482. The van der Waals surface area contributed by atoms with Crippen molar-refractivity contribution in [3.8, 4) is 11.8 Å². The first-order chi connectivity index (χ1) is 22.6. The first-order valence-electron chi connectivity index (χ1n) is 13.9. The molecule has 46 heavy (non-hydrogen) atoms. The number of carbonyl (C=O) groups excluding carboxylic acids is 2. The highest BCUT2D eigenvalue weighted by atomic mass is 32.1. The van der Waals surface area contributed by atoms with Crippen LogP contribution >= 0.6 is 45.3 Å². The van der Waals surface area contributed by atoms with Gasteiger partial charge in [-0.1, -0.05) is 30.3 Å². The van der Waals surface area contributed by atoms with E-state index < -0.39 is 12.2 Å². The maximum Gasteiger partial charge on any atom is 0.412 e. The summed E-state index contributed by atoms with van der Waals surface area (Å²) in [4.78, 5) is 37.2. The topological polar surface area (TPSA) is 109 Å². The van der Waals surface area contributed by atoms with E-state index in [-0.39, 0.29) is 38.9 Å². The summed E-state index contributed by atoms with van der Waals surface area (Å²) in [5, 5.41) is 7.88. The third-order valence-electron chi connectivity index (χ3n) is 6.03. The number of ether oxygens (including phenoxy) is 6. The van der Waals surface area contributed by atoms with E-state index in [0.29, 0.717) is 26.2 Å². The highest BCUT2D eigenvalue weighted by Crippen LogP contribution is 2.20. The van der Waals surface area contributed by atoms with Gasteiger partial charge in [-0.15, -0.1) is 45.3 Å². The molecule has 2 amide bonds. The Balaban J connectivity index is 0.979. The molecule has 0 radical (unpaired) electrons. The number of aromatic nitrogens is 1. The molecule has 0 aliphatic rings. The second-order valence-corrected chi connectivity index (χ2v) is 13.5. The molecule has 5 aromatic heterocycles. The Morgan fingerprint density at radius 1 is 0.522 bits per heavy atom. The van der Waals surface area contributed by atoms with Crippen LogP contribution in [0.4, 0.5) is 9.59 Å². The molecule has 0 unspecified atom stereocenters. The van der Waals surface area contributed by atoms with Crippen molar-refractivity contribution in [1.82, 2.24) is 14.8 Å². The van der Waals surface area contributed by atoms with Crippen molar-refractivity contribution in [3.05, 3.63) is 108 Å². The van der Waals surface area contributed by atoms with Crippen molar-refractivity contribution >= 4 is 57.5 Å². The van der Waals surface area contributed by atoms with Crippen LogP contribution in [0.2, 0.25) is 0 Å². The molecular formula is C31H31N3O8S4. The van der Waals surface area contributed by atoms with Crippen LogP contribution in [0.15, 0.2) is 88.3 Å². The molecule has 0 saturated carbocycles. The normalized spacial score (nSPS) is 10.8. The van der Waals surface area contributed by atoms with E-state index in [1.165, 1.54) is 0 Å². The minimum Gasteiger partial charge on any atom is -0.450 e. The minimum absolute atomic E-state index is 0.195. The fourth-order valence-corrected chi connectivity index (χ4v) is 6.81. The zero-order valence-corrected chi connectivity index (χ0v) is 27.8. The molecule has 0 aromatic carbocycles. The van der Waals surface area contributed by atoms with E-state index in [9.17, 15) is 9.59 Å². The second kappa shape index (κ2) is 18.2. The summed E-state index contributed by atoms with van der Waals surface area (Å²) in [6.07, 6.45) is -0.975. The van der Waals surface area contributed by atoms with Gasteiger partial charge >= 0.3 is 12.2 Å². The molecule has 0 atom stereocenters. The summed E-state index contributed by atoms with van der Waals surface area (Å²) < 4.78 is 32.3. The highest BCUT2D eigenvalue weighted by Gasteiger charge is 2.19. The number of amides is 2. The van der Waals surface area contributed by atoms with Crippen LogP contribution in [0.25, 0.3) is 0 Å². The van der Waals surface area contributed by atoms with E-state index in [1.807, 2.05) is 70.1 Å². The Kier molecular flexibility index (Phi) is 13.2. The molecule has 0 spiro atoms. The molecule has 0 saturated heterocycles. The number of hydrogen-bond donors (Lipinski definition) is 0. The quantitative estimate of drug-likeness (QED) is 0.0673. The van der Waals surface area contributed by atoms with Crippen molar-refractivity contribution in [2.75, 3.05) is 27.2 Å². The van der Waals surface area contributed by atoms with Crippen LogP contribution in [-0.2, 0) is 45.1 Å². The van der Waals surface area contributed by atoms with Gasteiger partial charge in [0.25, 0.3) is 0 Å². The fraction of sp³-hybridized carbons (Fsp3) is 0.258. The number of thiophene rings is 4. The minimum atomic E-state index is -0.487. The average molecular weight is 702 g/mol. The Bertz CT molecular complexity index is 1380. The number of rotatable bonds is 18. The van der Waals surface area contributed by atoms with Gasteiger partial charge in [-0.05, 0) is 45.8 Å². The summed E-state index contributed by atoms with van der Waals surface area (Å²) >= 11 is 6.31. The van der Waals surface area contributed by atoms with Gasteiger partial charge in [-0.25, -0.2) is 9.59 Å². The van der Waals surface area contributed by atoms with E-state index in [1.54, 1.807) is 73.3 Å². The maximum absolute atomic E-state index is 12.7. The van der Waals surface area contributed by atoms with Crippen LogP contribution in [0, 0.1) is 0 Å². The molecule has 5 aromatic rings. The Morgan fingerprint density at radius 2 is 0.891 bits per heavy atom. The fourth-order valence-electron chi connectivity index (χ4n) is 3.93. The monoisotopic (exact) mass is 701 g/mol. The SMILES string of the molecule is O=C(OCOCOc1cccc(OCOCOC(=O)N(Cc2cccs2)Cc2cccs2)n1)N(Cc1cccs1)Cc1cccs1. The summed E-state index contributed by atoms with van der Waals surface area (Å²) in [5.41, 5.74) is 0. The van der Waals surface area contributed by atoms with Crippen LogP contribution in [0.3, 0.4) is 0 Å². The highest BCUT2D eigenvalue weighted by molar-refractivity contribution is 7.10. The van der Waals surface area contributed by atoms with Crippen LogP contribution in [0.5, 0.6) is 11.8 Å². The molecule has 0 bridgehead atoms. The zero-order valence-electron chi connectivity index (χ0n) is 24.6. The van der Waals surface area contributed by atoms with Gasteiger partial charge in [0.15, 0.2) is 27.2 Å². The van der Waals surface area contributed by atoms with E-state index in [0.717, 1.165) is 19.5 Å². The average Bonchev–Trinajstić information content (AvgIpc) is 3.90.